The van der Waals surface area contributed by atoms with Gasteiger partial charge in [0.15, 0.2) is 5.13 Å². The molecule has 1 amide bonds. The summed E-state index contributed by atoms with van der Waals surface area (Å²) in [5, 5.41) is 9.03. The zero-order chi connectivity index (χ0) is 18.3. The molecular weight excluding hydrogens is 350 g/mol. The van der Waals surface area contributed by atoms with Crippen molar-refractivity contribution in [2.24, 2.45) is 7.05 Å². The lowest BCUT2D eigenvalue weighted by atomic mass is 10.2. The van der Waals surface area contributed by atoms with Crippen LogP contribution in [0.3, 0.4) is 0 Å². The summed E-state index contributed by atoms with van der Waals surface area (Å²) in [6.45, 7) is 3.74. The van der Waals surface area contributed by atoms with E-state index in [9.17, 15) is 4.79 Å². The normalized spacial score (nSPS) is 15.5. The van der Waals surface area contributed by atoms with Gasteiger partial charge in [-0.05, 0) is 25.2 Å². The molecular formula is C17H21N7OS. The van der Waals surface area contributed by atoms with Crippen molar-refractivity contribution in [2.75, 3.05) is 49.2 Å². The number of fused-ring (bicyclic) bond motifs is 1. The van der Waals surface area contributed by atoms with Gasteiger partial charge in [0, 0.05) is 50.5 Å². The summed E-state index contributed by atoms with van der Waals surface area (Å²) in [6, 6.07) is 5.63. The Hall–Kier alpha value is -2.65. The molecule has 8 nitrogen and oxygen atoms in total. The highest BCUT2D eigenvalue weighted by atomic mass is 32.1. The van der Waals surface area contributed by atoms with Gasteiger partial charge >= 0.3 is 0 Å². The van der Waals surface area contributed by atoms with E-state index in [1.54, 1.807) is 4.68 Å². The number of carbonyl (C=O) groups is 1. The monoisotopic (exact) mass is 371 g/mol. The van der Waals surface area contributed by atoms with Crippen LogP contribution in [0.4, 0.5) is 16.6 Å². The molecule has 1 saturated heterocycles. The molecule has 0 saturated carbocycles. The van der Waals surface area contributed by atoms with E-state index in [0.29, 0.717) is 10.6 Å². The van der Waals surface area contributed by atoms with Crippen LogP contribution in [-0.4, -0.2) is 58.8 Å². The Kier molecular flexibility index (Phi) is 4.25. The van der Waals surface area contributed by atoms with E-state index in [-0.39, 0.29) is 11.7 Å². The zero-order valence-corrected chi connectivity index (χ0v) is 15.6. The third-order valence-electron chi connectivity index (χ3n) is 4.50. The maximum atomic E-state index is 12.7. The number of anilines is 3. The lowest BCUT2D eigenvalue weighted by Gasteiger charge is -2.31. The van der Waals surface area contributed by atoms with Gasteiger partial charge in [-0.25, -0.2) is 4.98 Å². The van der Waals surface area contributed by atoms with Gasteiger partial charge < -0.3 is 20.9 Å². The van der Waals surface area contributed by atoms with Crippen LogP contribution in [0, 0.1) is 0 Å². The van der Waals surface area contributed by atoms with Crippen LogP contribution in [0.15, 0.2) is 24.4 Å². The summed E-state index contributed by atoms with van der Waals surface area (Å²) < 4.78 is 1.75. The maximum Gasteiger partial charge on any atom is 0.269 e. The smallest absolute Gasteiger partial charge is 0.269 e. The molecule has 0 unspecified atom stereocenters. The van der Waals surface area contributed by atoms with Crippen molar-refractivity contribution >= 4 is 44.8 Å². The SMILES string of the molecule is CN1CCN(c2nc(N)c(C(=O)Nc3ccc4nn(C)cc4c3)s2)CC1. The number of nitrogen functional groups attached to an aromatic ring is 1. The molecule has 0 bridgehead atoms. The van der Waals surface area contributed by atoms with Crippen LogP contribution in [0.2, 0.25) is 0 Å². The van der Waals surface area contributed by atoms with E-state index in [4.69, 9.17) is 5.73 Å². The number of likely N-dealkylation sites (N-methyl/N-ethyl adjacent to an activating group) is 1. The minimum Gasteiger partial charge on any atom is -0.382 e. The van der Waals surface area contributed by atoms with Crippen LogP contribution >= 0.6 is 11.3 Å². The molecule has 1 fully saturated rings. The number of piperazine rings is 1. The summed E-state index contributed by atoms with van der Waals surface area (Å²) in [7, 11) is 3.97. The molecule has 26 heavy (non-hydrogen) atoms. The molecule has 0 radical (unpaired) electrons. The molecule has 4 rings (SSSR count). The Labute approximate surface area is 155 Å². The Balaban J connectivity index is 1.52. The number of benzene rings is 1. The molecule has 9 heteroatoms. The molecule has 1 aliphatic heterocycles. The fourth-order valence-corrected chi connectivity index (χ4v) is 3.96. The predicted octanol–water partition coefficient (Wildman–Crippen LogP) is 1.62. The first kappa shape index (κ1) is 16.8. The first-order valence-electron chi connectivity index (χ1n) is 8.44. The van der Waals surface area contributed by atoms with Gasteiger partial charge in [0.1, 0.15) is 10.7 Å². The third kappa shape index (κ3) is 3.23. The molecule has 2 aromatic heterocycles. The number of amides is 1. The van der Waals surface area contributed by atoms with E-state index in [0.717, 1.165) is 42.2 Å². The van der Waals surface area contributed by atoms with Gasteiger partial charge in [0.25, 0.3) is 5.91 Å². The van der Waals surface area contributed by atoms with Crippen LogP contribution in [0.25, 0.3) is 10.9 Å². The topological polar surface area (TPSA) is 92.3 Å². The number of hydrogen-bond acceptors (Lipinski definition) is 7. The van der Waals surface area contributed by atoms with Crippen molar-refractivity contribution in [1.82, 2.24) is 19.7 Å². The number of carbonyl (C=O) groups excluding carboxylic acids is 1. The standard InChI is InChI=1S/C17H21N7OS/c1-22-5-7-24(8-6-22)17-20-15(18)14(26-17)16(25)19-12-3-4-13-11(9-12)10-23(2)21-13/h3-4,9-10H,5-8,18H2,1-2H3,(H,19,25). The van der Waals surface area contributed by atoms with Crippen molar-refractivity contribution in [3.05, 3.63) is 29.3 Å². The first-order valence-corrected chi connectivity index (χ1v) is 9.26. The van der Waals surface area contributed by atoms with Gasteiger partial charge in [0.2, 0.25) is 0 Å². The average molecular weight is 371 g/mol. The number of rotatable bonds is 3. The van der Waals surface area contributed by atoms with Gasteiger partial charge in [-0.3, -0.25) is 9.48 Å². The molecule has 0 atom stereocenters. The largest absolute Gasteiger partial charge is 0.382 e. The Morgan fingerprint density at radius 2 is 2.00 bits per heavy atom. The highest BCUT2D eigenvalue weighted by molar-refractivity contribution is 7.18. The number of thiazole rings is 1. The van der Waals surface area contributed by atoms with Gasteiger partial charge in [-0.15, -0.1) is 0 Å². The summed E-state index contributed by atoms with van der Waals surface area (Å²) in [5.41, 5.74) is 7.61. The minimum absolute atomic E-state index is 0.233. The van der Waals surface area contributed by atoms with Crippen LogP contribution in [-0.2, 0) is 7.05 Å². The summed E-state index contributed by atoms with van der Waals surface area (Å²) >= 11 is 1.35. The highest BCUT2D eigenvalue weighted by Crippen LogP contribution is 2.29. The minimum atomic E-state index is -0.233. The second-order valence-corrected chi connectivity index (χ2v) is 7.51. The Morgan fingerprint density at radius 1 is 1.23 bits per heavy atom. The highest BCUT2D eigenvalue weighted by Gasteiger charge is 2.22. The maximum absolute atomic E-state index is 12.7. The van der Waals surface area contributed by atoms with Crippen LogP contribution in [0.1, 0.15) is 9.67 Å². The third-order valence-corrected chi connectivity index (χ3v) is 5.63. The molecule has 1 aromatic carbocycles. The summed E-state index contributed by atoms with van der Waals surface area (Å²) in [5.74, 6) is 0.0486. The van der Waals surface area contributed by atoms with Crippen molar-refractivity contribution in [3.8, 4) is 0 Å². The zero-order valence-electron chi connectivity index (χ0n) is 14.8. The Bertz CT molecular complexity index is 955. The quantitative estimate of drug-likeness (QED) is 0.727. The van der Waals surface area contributed by atoms with Crippen molar-refractivity contribution in [3.63, 3.8) is 0 Å². The predicted molar refractivity (Wildman–Crippen MR) is 105 cm³/mol. The van der Waals surface area contributed by atoms with E-state index < -0.39 is 0 Å². The lowest BCUT2D eigenvalue weighted by Crippen LogP contribution is -2.44. The molecule has 3 N–H and O–H groups in total. The molecule has 1 aliphatic rings. The number of nitrogens with one attached hydrogen (secondary N) is 1. The number of nitrogens with zero attached hydrogens (tertiary/aromatic N) is 5. The average Bonchev–Trinajstić information content (AvgIpc) is 3.17. The van der Waals surface area contributed by atoms with E-state index in [1.165, 1.54) is 11.3 Å². The fourth-order valence-electron chi connectivity index (χ4n) is 3.03. The van der Waals surface area contributed by atoms with Crippen molar-refractivity contribution in [1.29, 1.82) is 0 Å². The molecule has 136 valence electrons. The second-order valence-electron chi connectivity index (χ2n) is 6.53. The number of nitrogens with two attached hydrogens (primary N) is 1. The summed E-state index contributed by atoms with van der Waals surface area (Å²) in [4.78, 5) is 22.0. The number of hydrogen-bond donors (Lipinski definition) is 2. The Morgan fingerprint density at radius 3 is 2.77 bits per heavy atom. The number of aromatic nitrogens is 3. The summed E-state index contributed by atoms with van der Waals surface area (Å²) in [6.07, 6.45) is 1.91. The molecule has 0 spiro atoms. The van der Waals surface area contributed by atoms with Gasteiger partial charge in [0.05, 0.1) is 5.52 Å². The van der Waals surface area contributed by atoms with E-state index in [1.807, 2.05) is 31.4 Å². The second kappa shape index (κ2) is 6.58. The molecule has 3 heterocycles. The molecule has 3 aromatic rings. The van der Waals surface area contributed by atoms with E-state index >= 15 is 0 Å². The van der Waals surface area contributed by atoms with Crippen LogP contribution < -0.4 is 16.0 Å². The van der Waals surface area contributed by atoms with Gasteiger partial charge in [-0.2, -0.15) is 5.10 Å². The first-order chi connectivity index (χ1) is 12.5. The lowest BCUT2D eigenvalue weighted by molar-refractivity contribution is 0.103. The van der Waals surface area contributed by atoms with Gasteiger partial charge in [-0.1, -0.05) is 11.3 Å². The number of aryl methyl sites for hydroxylation is 1. The van der Waals surface area contributed by atoms with Crippen LogP contribution in [0.5, 0.6) is 0 Å². The van der Waals surface area contributed by atoms with Crippen molar-refractivity contribution < 1.29 is 4.79 Å². The van der Waals surface area contributed by atoms with E-state index in [2.05, 4.69) is 32.2 Å². The van der Waals surface area contributed by atoms with Crippen molar-refractivity contribution in [2.45, 2.75) is 0 Å². The molecule has 0 aliphatic carbocycles. The fraction of sp³-hybridized carbons (Fsp3) is 0.353.